The van der Waals surface area contributed by atoms with E-state index >= 15 is 0 Å². The van der Waals surface area contributed by atoms with Gasteiger partial charge in [0.25, 0.3) is 5.91 Å². The molecule has 0 aliphatic carbocycles. The summed E-state index contributed by atoms with van der Waals surface area (Å²) in [6.07, 6.45) is 0. The predicted octanol–water partition coefficient (Wildman–Crippen LogP) is -6.22. The van der Waals surface area contributed by atoms with Crippen molar-refractivity contribution in [2.75, 3.05) is 10.3 Å². The number of hydrogen-bond donors (Lipinski definition) is 1. The number of benzene rings is 3. The van der Waals surface area contributed by atoms with Crippen molar-refractivity contribution < 1.29 is 134 Å². The molecule has 1 aliphatic rings. The Hall–Kier alpha value is -2.41. The van der Waals surface area contributed by atoms with E-state index in [-0.39, 0.29) is 123 Å². The largest absolute Gasteiger partial charge is 1.00 e. The van der Waals surface area contributed by atoms with Crippen LogP contribution in [0.2, 0.25) is 5.28 Å². The number of amides is 1. The molecule has 4 aromatic rings. The van der Waals surface area contributed by atoms with Crippen LogP contribution in [0.3, 0.4) is 0 Å². The van der Waals surface area contributed by atoms with Gasteiger partial charge in [0.15, 0.2) is 6.04 Å². The number of azo groups is 1. The smallest absolute Gasteiger partial charge is 0.744 e. The molecular weight excluding hydrogens is 789 g/mol. The number of nitrogens with one attached hydrogen (secondary N) is 1. The second-order valence-electron chi connectivity index (χ2n) is 11.3. The summed E-state index contributed by atoms with van der Waals surface area (Å²) in [4.78, 5) is 35.3. The molecule has 0 saturated carbocycles. The minimum atomic E-state index is -5.26. The maximum Gasteiger partial charge on any atom is 1.00 e. The molecule has 2 heterocycles. The van der Waals surface area contributed by atoms with Gasteiger partial charge in [-0.25, -0.2) is 16.8 Å². The van der Waals surface area contributed by atoms with Crippen LogP contribution in [0, 0.1) is 0 Å². The number of aliphatic carboxylic acids is 1. The van der Waals surface area contributed by atoms with E-state index in [2.05, 4.69) is 35.6 Å². The van der Waals surface area contributed by atoms with E-state index in [1.165, 1.54) is 6.07 Å². The zero-order chi connectivity index (χ0) is 36.6. The van der Waals surface area contributed by atoms with E-state index < -0.39 is 59.3 Å². The summed E-state index contributed by atoms with van der Waals surface area (Å²) < 4.78 is 76.0. The Morgan fingerprint density at radius 3 is 2.17 bits per heavy atom. The van der Waals surface area contributed by atoms with E-state index in [1.807, 2.05) is 26.8 Å². The first-order valence-electron chi connectivity index (χ1n) is 14.0. The third kappa shape index (κ3) is 11.8. The molecule has 1 aromatic heterocycles. The van der Waals surface area contributed by atoms with Gasteiger partial charge in [0, 0.05) is 5.69 Å². The first-order chi connectivity index (χ1) is 23.3. The number of carbonyl (C=O) groups excluding carboxylic acids is 2. The summed E-state index contributed by atoms with van der Waals surface area (Å²) in [5.41, 5.74) is -0.880. The van der Waals surface area contributed by atoms with E-state index in [0.717, 1.165) is 42.0 Å². The first kappa shape index (κ1) is 46.7. The van der Waals surface area contributed by atoms with Crippen molar-refractivity contribution in [1.82, 2.24) is 15.0 Å². The van der Waals surface area contributed by atoms with Gasteiger partial charge in [-0.3, -0.25) is 4.79 Å². The number of hydrogen-bond acceptors (Lipinski definition) is 17. The average Bonchev–Trinajstić information content (AvgIpc) is 3.35. The van der Waals surface area contributed by atoms with Gasteiger partial charge in [0.1, 0.15) is 37.4 Å². The van der Waals surface area contributed by atoms with Crippen LogP contribution < -0.4 is 109 Å². The van der Waals surface area contributed by atoms with Crippen molar-refractivity contribution in [3.05, 3.63) is 77.6 Å². The van der Waals surface area contributed by atoms with Crippen molar-refractivity contribution in [3.8, 4) is 11.8 Å². The number of hydrazone groups is 1. The van der Waals surface area contributed by atoms with Gasteiger partial charge in [0.2, 0.25) is 11.2 Å². The van der Waals surface area contributed by atoms with Crippen molar-refractivity contribution in [1.29, 1.82) is 0 Å². The molecular formula is C29H22ClN8Na3O10S2. The van der Waals surface area contributed by atoms with Gasteiger partial charge >= 0.3 is 94.7 Å². The number of nitrogens with zero attached hydrogens (tertiary/aromatic N) is 7. The quantitative estimate of drug-likeness (QED) is 0.0887. The average molecular weight is 811 g/mol. The molecule has 1 amide bonds. The number of rotatable bonds is 10. The van der Waals surface area contributed by atoms with Crippen LogP contribution in [0.1, 0.15) is 26.3 Å². The molecule has 0 spiro atoms. The number of halogens is 1. The van der Waals surface area contributed by atoms with Crippen molar-refractivity contribution in [2.45, 2.75) is 42.0 Å². The molecule has 3 aromatic carbocycles. The van der Waals surface area contributed by atoms with Crippen LogP contribution in [-0.4, -0.2) is 64.5 Å². The van der Waals surface area contributed by atoms with Gasteiger partial charge in [-0.1, -0.05) is 32.9 Å². The topological polar surface area (TPSA) is 272 Å². The molecule has 24 heteroatoms. The zero-order valence-corrected chi connectivity index (χ0v) is 37.2. The second-order valence-corrected chi connectivity index (χ2v) is 14.4. The molecule has 260 valence electrons. The van der Waals surface area contributed by atoms with Gasteiger partial charge in [-0.05, 0) is 77.2 Å². The summed E-state index contributed by atoms with van der Waals surface area (Å²) in [5, 5.41) is 25.6. The van der Waals surface area contributed by atoms with Crippen LogP contribution >= 0.6 is 11.6 Å². The van der Waals surface area contributed by atoms with E-state index in [0.29, 0.717) is 10.8 Å². The Morgan fingerprint density at radius 1 is 0.925 bits per heavy atom. The third-order valence-electron chi connectivity index (χ3n) is 6.75. The number of ether oxygens (including phenoxy) is 1. The predicted molar refractivity (Wildman–Crippen MR) is 170 cm³/mol. The summed E-state index contributed by atoms with van der Waals surface area (Å²) >= 11 is 6.06. The molecule has 5 rings (SSSR count). The normalized spacial score (nSPS) is 14.5. The van der Waals surface area contributed by atoms with Crippen molar-refractivity contribution in [3.63, 3.8) is 0 Å². The first-order valence-corrected chi connectivity index (χ1v) is 17.2. The summed E-state index contributed by atoms with van der Waals surface area (Å²) in [5.74, 6) is -2.82. The number of carboxylic acids is 1. The fourth-order valence-electron chi connectivity index (χ4n) is 4.33. The molecule has 0 radical (unpaired) electrons. The van der Waals surface area contributed by atoms with Crippen LogP contribution in [0.4, 0.5) is 23.0 Å². The standard InChI is InChI=1S/C29H25ClN8O10S2.3Na/c1-29(2,3)15-5-4-6-18(13-15)48-28-33-26(30)32-27(34-28)31-16-7-12-20(21(14-16)50(45,46)47)35-36-22-23(25(40)41)37-38(24(22)39)17-8-10-19(11-9-17)49(42,43)44;;;/h4-14,22H,1-3H3,(H,40,41)(H,42,43,44)(H,45,46,47)(H,31,32,33,34);;;/q;3*+1/p-3. The Labute approximate surface area is 374 Å². The summed E-state index contributed by atoms with van der Waals surface area (Å²) in [6.45, 7) is 6.07. The zero-order valence-electron chi connectivity index (χ0n) is 28.8. The molecule has 0 fully saturated rings. The fraction of sp³-hybridized carbons (Fsp3) is 0.172. The van der Waals surface area contributed by atoms with Crippen LogP contribution in [0.5, 0.6) is 11.8 Å². The Balaban J connectivity index is 0.00000324. The third-order valence-corrected chi connectivity index (χ3v) is 8.64. The molecule has 1 unspecified atom stereocenters. The summed E-state index contributed by atoms with van der Waals surface area (Å²) in [7, 11) is -10.1. The van der Waals surface area contributed by atoms with Crippen LogP contribution in [0.25, 0.3) is 0 Å². The summed E-state index contributed by atoms with van der Waals surface area (Å²) in [6, 6.07) is 12.0. The van der Waals surface area contributed by atoms with Gasteiger partial charge in [-0.15, -0.1) is 0 Å². The SMILES string of the molecule is CC(C)(C)c1cccc(Oc2nc(Cl)nc(Nc3ccc(N=NC4C(=O)N(c5ccc(S(=O)(=O)[O-])cc5)N=C4C(=O)[O-])c(S(=O)(=O)[O-])c3)n2)c1.[Na+].[Na+].[Na+]. The Bertz CT molecular complexity index is 2310. The number of carboxylic acid groups (broad SMARTS) is 1. The fourth-order valence-corrected chi connectivity index (χ4v) is 5.59. The van der Waals surface area contributed by atoms with Crippen LogP contribution in [-0.2, 0) is 35.2 Å². The van der Waals surface area contributed by atoms with Gasteiger partial charge in [-0.2, -0.15) is 35.3 Å². The molecule has 1 N–H and O–H groups in total. The molecule has 53 heavy (non-hydrogen) atoms. The van der Waals surface area contributed by atoms with E-state index in [1.54, 1.807) is 18.2 Å². The number of carbonyl (C=O) groups is 2. The van der Waals surface area contributed by atoms with Crippen molar-refractivity contribution in [2.24, 2.45) is 15.3 Å². The van der Waals surface area contributed by atoms with Crippen LogP contribution in [0.15, 0.2) is 91.9 Å². The Kier molecular flexibility index (Phi) is 16.3. The second kappa shape index (κ2) is 18.5. The number of aromatic nitrogens is 3. The maximum atomic E-state index is 13.1. The van der Waals surface area contributed by atoms with Gasteiger partial charge in [0.05, 0.1) is 21.4 Å². The maximum absolute atomic E-state index is 13.1. The van der Waals surface area contributed by atoms with Crippen molar-refractivity contribution >= 4 is 72.4 Å². The molecule has 1 atom stereocenters. The van der Waals surface area contributed by atoms with E-state index in [4.69, 9.17) is 16.3 Å². The Morgan fingerprint density at radius 2 is 1.58 bits per heavy atom. The minimum absolute atomic E-state index is 0. The molecule has 0 saturated heterocycles. The monoisotopic (exact) mass is 810 g/mol. The van der Waals surface area contributed by atoms with Gasteiger partial charge < -0.3 is 29.1 Å². The molecule has 0 bridgehead atoms. The molecule has 1 aliphatic heterocycles. The van der Waals surface area contributed by atoms with E-state index in [9.17, 15) is 40.6 Å². The minimum Gasteiger partial charge on any atom is -0.744 e. The molecule has 18 nitrogen and oxygen atoms in total. The number of anilines is 3.